The van der Waals surface area contributed by atoms with Gasteiger partial charge in [0.1, 0.15) is 17.4 Å². The molecule has 8 rings (SSSR count). The summed E-state index contributed by atoms with van der Waals surface area (Å²) >= 11 is 0. The van der Waals surface area contributed by atoms with Crippen LogP contribution in [0.2, 0.25) is 0 Å². The summed E-state index contributed by atoms with van der Waals surface area (Å²) in [5, 5.41) is 6.34. The normalized spacial score (nSPS) is 21.8. The third-order valence-corrected chi connectivity index (χ3v) is 14.3. The summed E-state index contributed by atoms with van der Waals surface area (Å²) in [7, 11) is -3.67. The number of aromatic nitrogens is 3. The second kappa shape index (κ2) is 17.9. The van der Waals surface area contributed by atoms with Crippen molar-refractivity contribution in [1.29, 1.82) is 0 Å². The van der Waals surface area contributed by atoms with Gasteiger partial charge in [-0.1, -0.05) is 18.9 Å². The van der Waals surface area contributed by atoms with Gasteiger partial charge in [0.25, 0.3) is 33.5 Å². The average molecular weight is 863 g/mol. The number of carbonyl (C=O) groups excluding carboxylic acids is 5. The third-order valence-electron chi connectivity index (χ3n) is 12.2. The molecule has 6 heterocycles. The number of pyridine rings is 1. The molecular formula is C40H50N10O10S. The first-order chi connectivity index (χ1) is 29.4. The van der Waals surface area contributed by atoms with E-state index in [1.807, 2.05) is 0 Å². The lowest BCUT2D eigenvalue weighted by molar-refractivity contribution is -0.136. The Morgan fingerprint density at radius 3 is 2.36 bits per heavy atom. The minimum absolute atomic E-state index is 0.00146. The number of nitrogens with two attached hydrogens (primary N) is 1. The predicted molar refractivity (Wildman–Crippen MR) is 219 cm³/mol. The number of hydrogen-bond donors (Lipinski definition) is 3. The van der Waals surface area contributed by atoms with Crippen molar-refractivity contribution in [1.82, 2.24) is 38.3 Å². The average Bonchev–Trinajstić information content (AvgIpc) is 3.87. The fourth-order valence-corrected chi connectivity index (χ4v) is 10.5. The van der Waals surface area contributed by atoms with E-state index in [0.29, 0.717) is 76.9 Å². The number of anilines is 1. The summed E-state index contributed by atoms with van der Waals surface area (Å²) in [6.45, 7) is 3.31. The molecule has 3 aromatic rings. The Balaban J connectivity index is 0.766. The highest BCUT2D eigenvalue weighted by Gasteiger charge is 2.46. The van der Waals surface area contributed by atoms with Crippen LogP contribution in [-0.4, -0.2) is 148 Å². The van der Waals surface area contributed by atoms with Gasteiger partial charge in [-0.2, -0.15) is 22.0 Å². The van der Waals surface area contributed by atoms with Gasteiger partial charge in [0.2, 0.25) is 17.8 Å². The molecule has 1 saturated carbocycles. The summed E-state index contributed by atoms with van der Waals surface area (Å²) < 4.78 is 43.8. The lowest BCUT2D eigenvalue weighted by Crippen LogP contribution is -2.55. The zero-order valence-corrected chi connectivity index (χ0v) is 34.5. The smallest absolute Gasteiger partial charge is 0.282 e. The molecule has 20 nitrogen and oxygen atoms in total. The predicted octanol–water partition coefficient (Wildman–Crippen LogP) is 0.386. The molecule has 4 N–H and O–H groups in total. The van der Waals surface area contributed by atoms with Crippen molar-refractivity contribution in [3.63, 3.8) is 0 Å². The molecule has 0 spiro atoms. The first-order valence-electron chi connectivity index (χ1n) is 20.9. The Bertz CT molecular complexity index is 2370. The number of imide groups is 2. The minimum Gasteiger partial charge on any atom is -0.480 e. The SMILES string of the molecule is NC(=O)C(CCOCCN1CCN(S(=O)(=O)N2CCC(Nc3ncc4ccc(=O)n(C5CCCC5)c4n3)CC2)CC1)Oc1cccc2c1C(=O)N(C1CCC(=O)NC1=O)C2=O. The molecule has 4 aliphatic heterocycles. The zero-order chi connectivity index (χ0) is 42.8. The number of carbonyl (C=O) groups is 5. The number of piperidine rings is 2. The molecule has 21 heteroatoms. The van der Waals surface area contributed by atoms with Crippen molar-refractivity contribution in [3.8, 4) is 5.75 Å². The summed E-state index contributed by atoms with van der Waals surface area (Å²) in [5.41, 5.74) is 6.12. The summed E-state index contributed by atoms with van der Waals surface area (Å²) in [4.78, 5) is 88.0. The minimum atomic E-state index is -3.67. The van der Waals surface area contributed by atoms with Crippen molar-refractivity contribution in [2.24, 2.45) is 5.73 Å². The van der Waals surface area contributed by atoms with Crippen LogP contribution < -0.4 is 26.7 Å². The van der Waals surface area contributed by atoms with Crippen molar-refractivity contribution in [3.05, 3.63) is 58.0 Å². The Labute approximate surface area is 351 Å². The van der Waals surface area contributed by atoms with Gasteiger partial charge in [-0.25, -0.2) is 4.98 Å². The zero-order valence-electron chi connectivity index (χ0n) is 33.7. The second-order valence-electron chi connectivity index (χ2n) is 16.1. The van der Waals surface area contributed by atoms with Gasteiger partial charge >= 0.3 is 0 Å². The van der Waals surface area contributed by atoms with E-state index in [0.717, 1.165) is 36.0 Å². The second-order valence-corrected chi connectivity index (χ2v) is 18.0. The van der Waals surface area contributed by atoms with Crippen LogP contribution in [-0.2, 0) is 29.3 Å². The van der Waals surface area contributed by atoms with Crippen molar-refractivity contribution >= 4 is 56.7 Å². The monoisotopic (exact) mass is 862 g/mol. The van der Waals surface area contributed by atoms with E-state index in [2.05, 4.69) is 20.5 Å². The highest BCUT2D eigenvalue weighted by Crippen LogP contribution is 2.35. The van der Waals surface area contributed by atoms with Crippen LogP contribution in [0.5, 0.6) is 5.75 Å². The van der Waals surface area contributed by atoms with Crippen LogP contribution in [0.3, 0.4) is 0 Å². The maximum Gasteiger partial charge on any atom is 0.282 e. The molecule has 0 radical (unpaired) electrons. The van der Waals surface area contributed by atoms with Gasteiger partial charge in [-0.15, -0.1) is 0 Å². The number of piperazine rings is 1. The van der Waals surface area contributed by atoms with Gasteiger partial charge in [0.15, 0.2) is 6.10 Å². The van der Waals surface area contributed by atoms with Crippen LogP contribution in [0.4, 0.5) is 5.95 Å². The van der Waals surface area contributed by atoms with E-state index < -0.39 is 51.9 Å². The number of nitrogens with one attached hydrogen (secondary N) is 2. The summed E-state index contributed by atoms with van der Waals surface area (Å²) in [5.74, 6) is -3.10. The number of amides is 5. The van der Waals surface area contributed by atoms with E-state index in [1.165, 1.54) is 26.8 Å². The van der Waals surface area contributed by atoms with Crippen LogP contribution in [0, 0.1) is 0 Å². The molecule has 1 aliphatic carbocycles. The number of hydrogen-bond acceptors (Lipinski definition) is 14. The number of fused-ring (bicyclic) bond motifs is 2. The molecule has 0 bridgehead atoms. The fraction of sp³-hybridized carbons (Fsp3) is 0.550. The van der Waals surface area contributed by atoms with Crippen molar-refractivity contribution in [2.45, 2.75) is 82.0 Å². The first kappa shape index (κ1) is 42.3. The quantitative estimate of drug-likeness (QED) is 0.138. The molecule has 3 saturated heterocycles. The summed E-state index contributed by atoms with van der Waals surface area (Å²) in [6.07, 6.45) is 5.81. The molecule has 1 aromatic carbocycles. The van der Waals surface area contributed by atoms with E-state index in [-0.39, 0.29) is 60.4 Å². The van der Waals surface area contributed by atoms with Gasteiger partial charge in [-0.05, 0) is 50.3 Å². The van der Waals surface area contributed by atoms with Gasteiger partial charge < -0.3 is 20.5 Å². The number of rotatable bonds is 15. The standard InChI is InChI=1S/C40H50N10O10S/c41-35(53)31(60-30-7-3-6-28-34(30)39(56)50(38(28)55)29-9-10-32(51)44-37(29)54)14-22-59-23-21-46-17-19-48(20-18-46)61(57,58)47-15-12-26(13-16-47)43-40-42-24-25-8-11-33(52)49(36(25)45-40)27-4-1-2-5-27/h3,6-8,11,24,26-27,29,31H,1-2,4-5,9-10,12-23H2,(H2,41,53)(H,42,43,45)(H,44,51,54). The largest absolute Gasteiger partial charge is 0.480 e. The van der Waals surface area contributed by atoms with Gasteiger partial charge in [0.05, 0.1) is 24.3 Å². The molecule has 5 amide bonds. The van der Waals surface area contributed by atoms with Gasteiger partial charge in [-0.3, -0.25) is 48.5 Å². The number of nitrogens with zero attached hydrogens (tertiary/aromatic N) is 7. The molecule has 2 unspecified atom stereocenters. The molecule has 326 valence electrons. The molecule has 2 aromatic heterocycles. The van der Waals surface area contributed by atoms with Crippen LogP contribution in [0.1, 0.15) is 84.5 Å². The number of benzene rings is 1. The molecule has 2 atom stereocenters. The van der Waals surface area contributed by atoms with Crippen molar-refractivity contribution in [2.75, 3.05) is 64.3 Å². The van der Waals surface area contributed by atoms with Gasteiger partial charge in [0, 0.05) is 88.4 Å². The maximum atomic E-state index is 13.6. The topological polar surface area (TPSA) is 249 Å². The van der Waals surface area contributed by atoms with E-state index in [4.69, 9.17) is 20.2 Å². The number of ether oxygens (including phenoxy) is 2. The molecule has 4 fully saturated rings. The lowest BCUT2D eigenvalue weighted by atomic mass is 10.0. The highest BCUT2D eigenvalue weighted by atomic mass is 32.2. The van der Waals surface area contributed by atoms with E-state index >= 15 is 0 Å². The van der Waals surface area contributed by atoms with Crippen LogP contribution >= 0.6 is 0 Å². The fourth-order valence-electron chi connectivity index (χ4n) is 8.86. The number of primary amides is 1. The highest BCUT2D eigenvalue weighted by molar-refractivity contribution is 7.86. The van der Waals surface area contributed by atoms with E-state index in [1.54, 1.807) is 22.9 Å². The maximum absolute atomic E-state index is 13.6. The Morgan fingerprint density at radius 1 is 0.902 bits per heavy atom. The Morgan fingerprint density at radius 2 is 1.64 bits per heavy atom. The Kier molecular flexibility index (Phi) is 12.5. The first-order valence-corrected chi connectivity index (χ1v) is 22.3. The van der Waals surface area contributed by atoms with Crippen molar-refractivity contribution < 1.29 is 41.9 Å². The molecule has 61 heavy (non-hydrogen) atoms. The van der Waals surface area contributed by atoms with Crippen LogP contribution in [0.25, 0.3) is 11.0 Å². The lowest BCUT2D eigenvalue weighted by Gasteiger charge is -2.39. The van der Waals surface area contributed by atoms with E-state index in [9.17, 15) is 37.2 Å². The summed E-state index contributed by atoms with van der Waals surface area (Å²) in [6, 6.07) is 6.65. The molecular weight excluding hydrogens is 813 g/mol. The Hall–Kier alpha value is -5.35. The molecule has 5 aliphatic rings. The van der Waals surface area contributed by atoms with Crippen LogP contribution in [0.15, 0.2) is 41.3 Å². The third kappa shape index (κ3) is 8.87.